The van der Waals surface area contributed by atoms with E-state index in [2.05, 4.69) is 17.6 Å². The summed E-state index contributed by atoms with van der Waals surface area (Å²) in [5.41, 5.74) is 0.888. The standard InChI is InChI=1S/C17H23ClN2O2/c1-2-3-6-9-19-16(21)13-10-14(13)17(22)20-11-12-7-4-5-8-15(12)18/h4-5,7-8,13-14H,2-3,6,9-11H2,1H3,(H,19,21)(H,20,22). The van der Waals surface area contributed by atoms with E-state index in [4.69, 9.17) is 11.6 Å². The third-order valence-corrected chi connectivity index (χ3v) is 4.32. The van der Waals surface area contributed by atoms with Crippen LogP contribution in [0, 0.1) is 11.8 Å². The molecular formula is C17H23ClN2O2. The number of halogens is 1. The van der Waals surface area contributed by atoms with Gasteiger partial charge in [-0.2, -0.15) is 0 Å². The van der Waals surface area contributed by atoms with Crippen LogP contribution in [-0.2, 0) is 16.1 Å². The average Bonchev–Trinajstić information content (AvgIpc) is 3.31. The van der Waals surface area contributed by atoms with Crippen molar-refractivity contribution in [2.24, 2.45) is 11.8 Å². The van der Waals surface area contributed by atoms with E-state index in [1.165, 1.54) is 0 Å². The molecule has 0 spiro atoms. The highest BCUT2D eigenvalue weighted by atomic mass is 35.5. The van der Waals surface area contributed by atoms with Crippen molar-refractivity contribution in [3.8, 4) is 0 Å². The monoisotopic (exact) mass is 322 g/mol. The molecule has 2 rings (SSSR count). The second kappa shape index (κ2) is 8.18. The van der Waals surface area contributed by atoms with Crippen LogP contribution in [0.3, 0.4) is 0 Å². The average molecular weight is 323 g/mol. The Morgan fingerprint density at radius 2 is 1.82 bits per heavy atom. The number of benzene rings is 1. The Bertz CT molecular complexity index is 533. The van der Waals surface area contributed by atoms with Crippen LogP contribution in [0.15, 0.2) is 24.3 Å². The molecule has 2 atom stereocenters. The van der Waals surface area contributed by atoms with Gasteiger partial charge in [0.05, 0.1) is 11.8 Å². The molecule has 1 saturated carbocycles. The van der Waals surface area contributed by atoms with E-state index in [0.29, 0.717) is 24.5 Å². The summed E-state index contributed by atoms with van der Waals surface area (Å²) in [4.78, 5) is 23.9. The fraction of sp³-hybridized carbons (Fsp3) is 0.529. The molecule has 1 aromatic rings. The minimum absolute atomic E-state index is 0.00833. The molecular weight excluding hydrogens is 300 g/mol. The molecule has 1 fully saturated rings. The SMILES string of the molecule is CCCCCNC(=O)C1CC1C(=O)NCc1ccccc1Cl. The molecule has 1 aliphatic carbocycles. The van der Waals surface area contributed by atoms with Crippen molar-refractivity contribution in [1.29, 1.82) is 0 Å². The molecule has 1 aliphatic rings. The molecule has 0 aliphatic heterocycles. The van der Waals surface area contributed by atoms with Crippen LogP contribution >= 0.6 is 11.6 Å². The highest BCUT2D eigenvalue weighted by molar-refractivity contribution is 6.31. The normalized spacial score (nSPS) is 19.5. The van der Waals surface area contributed by atoms with Crippen molar-refractivity contribution in [3.63, 3.8) is 0 Å². The highest BCUT2D eigenvalue weighted by Gasteiger charge is 2.47. The maximum Gasteiger partial charge on any atom is 0.224 e. The summed E-state index contributed by atoms with van der Waals surface area (Å²) in [6, 6.07) is 7.42. The third kappa shape index (κ3) is 4.73. The first-order valence-electron chi connectivity index (χ1n) is 7.92. The van der Waals surface area contributed by atoms with Gasteiger partial charge in [-0.1, -0.05) is 49.6 Å². The highest BCUT2D eigenvalue weighted by Crippen LogP contribution is 2.38. The fourth-order valence-electron chi connectivity index (χ4n) is 2.45. The van der Waals surface area contributed by atoms with E-state index in [1.807, 2.05) is 18.2 Å². The predicted molar refractivity (Wildman–Crippen MR) is 87.4 cm³/mol. The molecule has 0 bridgehead atoms. The molecule has 1 aromatic carbocycles. The van der Waals surface area contributed by atoms with Gasteiger partial charge in [0.25, 0.3) is 0 Å². The van der Waals surface area contributed by atoms with E-state index in [0.717, 1.165) is 24.8 Å². The number of hydrogen-bond acceptors (Lipinski definition) is 2. The van der Waals surface area contributed by atoms with Crippen molar-refractivity contribution in [2.45, 2.75) is 39.2 Å². The maximum atomic E-state index is 12.0. The largest absolute Gasteiger partial charge is 0.356 e. The Kier molecular flexibility index (Phi) is 6.25. The lowest BCUT2D eigenvalue weighted by Crippen LogP contribution is -2.30. The lowest BCUT2D eigenvalue weighted by atomic mass is 10.2. The van der Waals surface area contributed by atoms with Gasteiger partial charge in [0.1, 0.15) is 0 Å². The van der Waals surface area contributed by atoms with Crippen LogP contribution in [0.25, 0.3) is 0 Å². The maximum absolute atomic E-state index is 12.0. The van der Waals surface area contributed by atoms with Crippen molar-refractivity contribution < 1.29 is 9.59 Å². The minimum atomic E-state index is -0.186. The van der Waals surface area contributed by atoms with Gasteiger partial charge in [-0.25, -0.2) is 0 Å². The summed E-state index contributed by atoms with van der Waals surface area (Å²) in [6.07, 6.45) is 3.89. The van der Waals surface area contributed by atoms with E-state index >= 15 is 0 Å². The van der Waals surface area contributed by atoms with E-state index < -0.39 is 0 Å². The summed E-state index contributed by atoms with van der Waals surface area (Å²) >= 11 is 6.05. The Morgan fingerprint density at radius 3 is 2.50 bits per heavy atom. The van der Waals surface area contributed by atoms with E-state index in [-0.39, 0.29) is 23.7 Å². The van der Waals surface area contributed by atoms with Crippen LogP contribution in [0.5, 0.6) is 0 Å². The van der Waals surface area contributed by atoms with Crippen molar-refractivity contribution in [2.75, 3.05) is 6.54 Å². The number of unbranched alkanes of at least 4 members (excludes halogenated alkanes) is 2. The molecule has 120 valence electrons. The molecule has 0 heterocycles. The first-order valence-corrected chi connectivity index (χ1v) is 8.30. The molecule has 0 radical (unpaired) electrons. The zero-order chi connectivity index (χ0) is 15.9. The second-order valence-corrected chi connectivity index (χ2v) is 6.16. The number of rotatable bonds is 8. The van der Waals surface area contributed by atoms with Gasteiger partial charge in [-0.05, 0) is 24.5 Å². The van der Waals surface area contributed by atoms with Gasteiger partial charge in [0, 0.05) is 18.1 Å². The van der Waals surface area contributed by atoms with Crippen LogP contribution in [0.1, 0.15) is 38.2 Å². The molecule has 2 amide bonds. The summed E-state index contributed by atoms with van der Waals surface area (Å²) in [6.45, 7) is 3.24. The van der Waals surface area contributed by atoms with Gasteiger partial charge < -0.3 is 10.6 Å². The number of carbonyl (C=O) groups excluding carboxylic acids is 2. The van der Waals surface area contributed by atoms with Crippen LogP contribution < -0.4 is 10.6 Å². The van der Waals surface area contributed by atoms with Crippen LogP contribution in [0.4, 0.5) is 0 Å². The van der Waals surface area contributed by atoms with Crippen LogP contribution in [-0.4, -0.2) is 18.4 Å². The van der Waals surface area contributed by atoms with Crippen molar-refractivity contribution >= 4 is 23.4 Å². The van der Waals surface area contributed by atoms with Gasteiger partial charge in [0.15, 0.2) is 0 Å². The molecule has 4 nitrogen and oxygen atoms in total. The molecule has 22 heavy (non-hydrogen) atoms. The second-order valence-electron chi connectivity index (χ2n) is 5.76. The van der Waals surface area contributed by atoms with Gasteiger partial charge in [0.2, 0.25) is 11.8 Å². The molecule has 2 unspecified atom stereocenters. The lowest BCUT2D eigenvalue weighted by molar-refractivity contribution is -0.127. The lowest BCUT2D eigenvalue weighted by Gasteiger charge is -2.07. The Hall–Kier alpha value is -1.55. The predicted octanol–water partition coefficient (Wildman–Crippen LogP) is 2.90. The van der Waals surface area contributed by atoms with E-state index in [1.54, 1.807) is 6.07 Å². The number of carbonyl (C=O) groups is 2. The molecule has 0 saturated heterocycles. The third-order valence-electron chi connectivity index (χ3n) is 3.95. The summed E-state index contributed by atoms with van der Waals surface area (Å²) in [5.74, 6) is -0.399. The Balaban J connectivity index is 1.69. The number of nitrogens with one attached hydrogen (secondary N) is 2. The summed E-state index contributed by atoms with van der Waals surface area (Å²) in [5, 5.41) is 6.41. The summed E-state index contributed by atoms with van der Waals surface area (Å²) in [7, 11) is 0. The quantitative estimate of drug-likeness (QED) is 0.723. The van der Waals surface area contributed by atoms with Crippen molar-refractivity contribution in [1.82, 2.24) is 10.6 Å². The summed E-state index contributed by atoms with van der Waals surface area (Å²) < 4.78 is 0. The Labute approximate surface area is 136 Å². The van der Waals surface area contributed by atoms with Gasteiger partial charge in [-0.3, -0.25) is 9.59 Å². The first kappa shape index (κ1) is 16.8. The Morgan fingerprint density at radius 1 is 1.14 bits per heavy atom. The number of hydrogen-bond donors (Lipinski definition) is 2. The number of amides is 2. The van der Waals surface area contributed by atoms with Gasteiger partial charge in [-0.15, -0.1) is 0 Å². The van der Waals surface area contributed by atoms with Crippen molar-refractivity contribution in [3.05, 3.63) is 34.9 Å². The molecule has 5 heteroatoms. The topological polar surface area (TPSA) is 58.2 Å². The smallest absolute Gasteiger partial charge is 0.224 e. The molecule has 2 N–H and O–H groups in total. The van der Waals surface area contributed by atoms with Crippen LogP contribution in [0.2, 0.25) is 5.02 Å². The van der Waals surface area contributed by atoms with Gasteiger partial charge >= 0.3 is 0 Å². The zero-order valence-electron chi connectivity index (χ0n) is 12.9. The minimum Gasteiger partial charge on any atom is -0.356 e. The van der Waals surface area contributed by atoms with E-state index in [9.17, 15) is 9.59 Å². The fourth-order valence-corrected chi connectivity index (χ4v) is 2.65. The first-order chi connectivity index (χ1) is 10.6. The zero-order valence-corrected chi connectivity index (χ0v) is 13.7. The molecule has 0 aromatic heterocycles.